The fourth-order valence-corrected chi connectivity index (χ4v) is 1.93. The molecule has 5 heteroatoms. The Labute approximate surface area is 102 Å². The molecule has 0 N–H and O–H groups in total. The summed E-state index contributed by atoms with van der Waals surface area (Å²) in [7, 11) is 0. The average molecular weight is 243 g/mol. The molecule has 1 saturated heterocycles. The van der Waals surface area contributed by atoms with Crippen molar-refractivity contribution >= 4 is 11.9 Å². The van der Waals surface area contributed by atoms with Gasteiger partial charge in [-0.1, -0.05) is 13.8 Å². The number of carbonyl (C=O) groups is 2. The zero-order valence-corrected chi connectivity index (χ0v) is 10.9. The SMILES string of the molecule is CCOC(=O)[C@@H]1CN1[C@@H](C(=O)OCC)C(C)C. The van der Waals surface area contributed by atoms with E-state index in [1.165, 1.54) is 0 Å². The molecule has 1 heterocycles. The van der Waals surface area contributed by atoms with Gasteiger partial charge in [-0.2, -0.15) is 0 Å². The summed E-state index contributed by atoms with van der Waals surface area (Å²) in [5.41, 5.74) is 0. The van der Waals surface area contributed by atoms with E-state index in [0.717, 1.165) is 0 Å². The standard InChI is InChI=1S/C12H21NO4/c1-5-16-11(14)9-7-13(9)10(8(3)4)12(15)17-6-2/h8-10H,5-7H2,1-4H3/t9-,10+,13?/m0/s1. The van der Waals surface area contributed by atoms with Gasteiger partial charge in [0.15, 0.2) is 0 Å². The fraction of sp³-hybridized carbons (Fsp3) is 0.833. The summed E-state index contributed by atoms with van der Waals surface area (Å²) in [6.45, 7) is 8.76. The molecule has 17 heavy (non-hydrogen) atoms. The van der Waals surface area contributed by atoms with Crippen LogP contribution in [0.1, 0.15) is 27.7 Å². The maximum atomic E-state index is 11.8. The van der Waals surface area contributed by atoms with Crippen molar-refractivity contribution in [1.82, 2.24) is 4.90 Å². The third-order valence-electron chi connectivity index (χ3n) is 2.73. The molecule has 0 amide bonds. The molecule has 0 spiro atoms. The number of ether oxygens (including phenoxy) is 2. The van der Waals surface area contributed by atoms with E-state index in [1.54, 1.807) is 13.8 Å². The molecule has 0 radical (unpaired) electrons. The van der Waals surface area contributed by atoms with Crippen LogP contribution in [0.5, 0.6) is 0 Å². The first-order chi connectivity index (χ1) is 8.02. The van der Waals surface area contributed by atoms with Gasteiger partial charge in [0.25, 0.3) is 0 Å². The summed E-state index contributed by atoms with van der Waals surface area (Å²) in [5, 5.41) is 0. The first kappa shape index (κ1) is 14.0. The van der Waals surface area contributed by atoms with Crippen LogP contribution in [0.4, 0.5) is 0 Å². The van der Waals surface area contributed by atoms with E-state index >= 15 is 0 Å². The molecule has 1 fully saturated rings. The largest absolute Gasteiger partial charge is 0.465 e. The highest BCUT2D eigenvalue weighted by Gasteiger charge is 2.49. The lowest BCUT2D eigenvalue weighted by Crippen LogP contribution is -2.38. The van der Waals surface area contributed by atoms with Crippen LogP contribution in [0.25, 0.3) is 0 Å². The topological polar surface area (TPSA) is 55.6 Å². The number of carbonyl (C=O) groups excluding carboxylic acids is 2. The highest BCUT2D eigenvalue weighted by molar-refractivity contribution is 5.83. The van der Waals surface area contributed by atoms with E-state index in [4.69, 9.17) is 9.47 Å². The first-order valence-electron chi connectivity index (χ1n) is 6.11. The molecule has 5 nitrogen and oxygen atoms in total. The Kier molecular flexibility index (Phi) is 4.93. The van der Waals surface area contributed by atoms with Crippen LogP contribution in [-0.4, -0.2) is 48.7 Å². The predicted molar refractivity (Wildman–Crippen MR) is 62.4 cm³/mol. The molecule has 0 aromatic heterocycles. The highest BCUT2D eigenvalue weighted by Crippen LogP contribution is 2.27. The molecule has 1 unspecified atom stereocenters. The van der Waals surface area contributed by atoms with Gasteiger partial charge < -0.3 is 9.47 Å². The molecule has 0 aromatic carbocycles. The third kappa shape index (κ3) is 3.43. The number of hydrogen-bond donors (Lipinski definition) is 0. The van der Waals surface area contributed by atoms with Crippen LogP contribution >= 0.6 is 0 Å². The maximum Gasteiger partial charge on any atom is 0.324 e. The fourth-order valence-electron chi connectivity index (χ4n) is 1.93. The lowest BCUT2D eigenvalue weighted by atomic mass is 10.0. The van der Waals surface area contributed by atoms with Crippen molar-refractivity contribution in [2.24, 2.45) is 5.92 Å². The van der Waals surface area contributed by atoms with Gasteiger partial charge >= 0.3 is 11.9 Å². The van der Waals surface area contributed by atoms with Crippen LogP contribution in [0.2, 0.25) is 0 Å². The van der Waals surface area contributed by atoms with Gasteiger partial charge in [0.2, 0.25) is 0 Å². The van der Waals surface area contributed by atoms with Crippen molar-refractivity contribution in [1.29, 1.82) is 0 Å². The molecular weight excluding hydrogens is 222 g/mol. The summed E-state index contributed by atoms with van der Waals surface area (Å²) in [6, 6.07) is -0.615. The molecule has 98 valence electrons. The van der Waals surface area contributed by atoms with Crippen LogP contribution in [-0.2, 0) is 19.1 Å². The summed E-state index contributed by atoms with van der Waals surface area (Å²) < 4.78 is 9.95. The zero-order chi connectivity index (χ0) is 13.0. The number of esters is 2. The third-order valence-corrected chi connectivity index (χ3v) is 2.73. The minimum absolute atomic E-state index is 0.119. The van der Waals surface area contributed by atoms with Gasteiger partial charge in [-0.15, -0.1) is 0 Å². The molecule has 1 aliphatic heterocycles. The quantitative estimate of drug-likeness (QED) is 0.510. The average Bonchev–Trinajstić information content (AvgIpc) is 2.98. The van der Waals surface area contributed by atoms with Crippen molar-refractivity contribution < 1.29 is 19.1 Å². The van der Waals surface area contributed by atoms with Crippen molar-refractivity contribution in [3.8, 4) is 0 Å². The zero-order valence-electron chi connectivity index (χ0n) is 10.9. The molecule has 0 aliphatic carbocycles. The molecular formula is C12H21NO4. The molecule has 0 saturated carbocycles. The minimum atomic E-state index is -0.343. The van der Waals surface area contributed by atoms with Gasteiger partial charge in [-0.3, -0.25) is 14.5 Å². The second-order valence-corrected chi connectivity index (χ2v) is 4.41. The van der Waals surface area contributed by atoms with Gasteiger partial charge in [-0.25, -0.2) is 0 Å². The van der Waals surface area contributed by atoms with Crippen LogP contribution in [0.3, 0.4) is 0 Å². The van der Waals surface area contributed by atoms with E-state index in [-0.39, 0.29) is 29.9 Å². The lowest BCUT2D eigenvalue weighted by molar-refractivity contribution is -0.150. The summed E-state index contributed by atoms with van der Waals surface area (Å²) in [5.74, 6) is -0.384. The molecule has 0 aromatic rings. The first-order valence-corrected chi connectivity index (χ1v) is 6.11. The van der Waals surface area contributed by atoms with Gasteiger partial charge in [-0.05, 0) is 19.8 Å². The van der Waals surface area contributed by atoms with E-state index in [2.05, 4.69) is 0 Å². The molecule has 0 bridgehead atoms. The maximum absolute atomic E-state index is 11.8. The Balaban J connectivity index is 2.57. The Morgan fingerprint density at radius 3 is 2.29 bits per heavy atom. The van der Waals surface area contributed by atoms with Crippen molar-refractivity contribution in [3.63, 3.8) is 0 Å². The number of nitrogens with zero attached hydrogens (tertiary/aromatic N) is 1. The lowest BCUT2D eigenvalue weighted by Gasteiger charge is -2.20. The Bertz CT molecular complexity index is 290. The number of hydrogen-bond acceptors (Lipinski definition) is 5. The van der Waals surface area contributed by atoms with Crippen LogP contribution in [0, 0.1) is 5.92 Å². The number of rotatable bonds is 6. The normalized spacial score (nSPS) is 24.3. The minimum Gasteiger partial charge on any atom is -0.465 e. The van der Waals surface area contributed by atoms with Gasteiger partial charge in [0.1, 0.15) is 12.1 Å². The molecule has 3 atom stereocenters. The Hall–Kier alpha value is -1.10. The van der Waals surface area contributed by atoms with Gasteiger partial charge in [0.05, 0.1) is 13.2 Å². The predicted octanol–water partition coefficient (Wildman–Crippen LogP) is 0.821. The Morgan fingerprint density at radius 2 is 1.82 bits per heavy atom. The summed E-state index contributed by atoms with van der Waals surface area (Å²) >= 11 is 0. The monoisotopic (exact) mass is 243 g/mol. The van der Waals surface area contributed by atoms with Gasteiger partial charge in [0, 0.05) is 6.54 Å². The summed E-state index contributed by atoms with van der Waals surface area (Å²) in [6.07, 6.45) is 0. The molecule has 1 rings (SSSR count). The van der Waals surface area contributed by atoms with Crippen molar-refractivity contribution in [2.45, 2.75) is 39.8 Å². The smallest absolute Gasteiger partial charge is 0.324 e. The second kappa shape index (κ2) is 6.00. The summed E-state index contributed by atoms with van der Waals surface area (Å²) in [4.78, 5) is 25.1. The Morgan fingerprint density at radius 1 is 1.24 bits per heavy atom. The van der Waals surface area contributed by atoms with Crippen LogP contribution in [0.15, 0.2) is 0 Å². The van der Waals surface area contributed by atoms with Crippen molar-refractivity contribution in [3.05, 3.63) is 0 Å². The van der Waals surface area contributed by atoms with Crippen molar-refractivity contribution in [2.75, 3.05) is 19.8 Å². The highest BCUT2D eigenvalue weighted by atomic mass is 16.5. The molecule has 1 aliphatic rings. The van der Waals surface area contributed by atoms with E-state index in [9.17, 15) is 9.59 Å². The second-order valence-electron chi connectivity index (χ2n) is 4.41. The van der Waals surface area contributed by atoms with E-state index < -0.39 is 0 Å². The van der Waals surface area contributed by atoms with Crippen LogP contribution < -0.4 is 0 Å². The van der Waals surface area contributed by atoms with E-state index in [1.807, 2.05) is 18.7 Å². The van der Waals surface area contributed by atoms with E-state index in [0.29, 0.717) is 19.8 Å².